The zero-order chi connectivity index (χ0) is 13.9. The molecule has 106 valence electrons. The van der Waals surface area contributed by atoms with Crippen molar-refractivity contribution in [2.45, 2.75) is 51.0 Å². The van der Waals surface area contributed by atoms with Crippen molar-refractivity contribution in [3.8, 4) is 0 Å². The summed E-state index contributed by atoms with van der Waals surface area (Å²) in [6.07, 6.45) is 2.07. The lowest BCUT2D eigenvalue weighted by molar-refractivity contribution is -0.124. The molecule has 1 amide bonds. The van der Waals surface area contributed by atoms with Crippen LogP contribution in [0.2, 0.25) is 0 Å². The van der Waals surface area contributed by atoms with Crippen LogP contribution in [0, 0.1) is 0 Å². The SMILES string of the molecule is CCC(C)N1CCC[C@H]1C(=O)NS(=O)(=O)C(F)F. The first-order chi connectivity index (χ1) is 8.29. The third-order valence-corrected chi connectivity index (χ3v) is 4.19. The van der Waals surface area contributed by atoms with Gasteiger partial charge in [0.05, 0.1) is 6.04 Å². The van der Waals surface area contributed by atoms with Gasteiger partial charge in [-0.25, -0.2) is 13.1 Å². The van der Waals surface area contributed by atoms with Gasteiger partial charge in [0.2, 0.25) is 0 Å². The predicted octanol–water partition coefficient (Wildman–Crippen LogP) is 0.918. The first-order valence-electron chi connectivity index (χ1n) is 5.89. The molecule has 1 unspecified atom stereocenters. The van der Waals surface area contributed by atoms with Crippen LogP contribution >= 0.6 is 0 Å². The average Bonchev–Trinajstić information content (AvgIpc) is 2.76. The van der Waals surface area contributed by atoms with E-state index in [0.717, 1.165) is 12.8 Å². The Hall–Kier alpha value is -0.760. The molecule has 2 atom stereocenters. The van der Waals surface area contributed by atoms with E-state index in [-0.39, 0.29) is 6.04 Å². The van der Waals surface area contributed by atoms with E-state index in [1.807, 2.05) is 18.7 Å². The van der Waals surface area contributed by atoms with Crippen molar-refractivity contribution in [3.63, 3.8) is 0 Å². The van der Waals surface area contributed by atoms with E-state index in [0.29, 0.717) is 13.0 Å². The van der Waals surface area contributed by atoms with Gasteiger partial charge in [-0.15, -0.1) is 0 Å². The molecule has 0 aromatic carbocycles. The second-order valence-corrected chi connectivity index (χ2v) is 6.08. The molecule has 0 saturated carbocycles. The molecule has 8 heteroatoms. The highest BCUT2D eigenvalue weighted by Gasteiger charge is 2.36. The van der Waals surface area contributed by atoms with Gasteiger partial charge >= 0.3 is 5.76 Å². The van der Waals surface area contributed by atoms with Gasteiger partial charge in [0.25, 0.3) is 15.9 Å². The van der Waals surface area contributed by atoms with E-state index >= 15 is 0 Å². The number of hydrogen-bond acceptors (Lipinski definition) is 4. The lowest BCUT2D eigenvalue weighted by atomic mass is 10.1. The maximum atomic E-state index is 12.2. The molecule has 18 heavy (non-hydrogen) atoms. The maximum absolute atomic E-state index is 12.2. The molecule has 0 aliphatic carbocycles. The molecular weight excluding hydrogens is 266 g/mol. The molecule has 1 saturated heterocycles. The number of rotatable bonds is 5. The highest BCUT2D eigenvalue weighted by Crippen LogP contribution is 2.22. The molecule has 0 radical (unpaired) electrons. The van der Waals surface area contributed by atoms with E-state index in [1.165, 1.54) is 4.72 Å². The van der Waals surface area contributed by atoms with E-state index in [1.54, 1.807) is 0 Å². The van der Waals surface area contributed by atoms with E-state index in [9.17, 15) is 22.0 Å². The Morgan fingerprint density at radius 3 is 2.61 bits per heavy atom. The summed E-state index contributed by atoms with van der Waals surface area (Å²) in [4.78, 5) is 13.6. The zero-order valence-electron chi connectivity index (χ0n) is 10.4. The molecular formula is C10H18F2N2O3S. The third-order valence-electron chi connectivity index (χ3n) is 3.23. The van der Waals surface area contributed by atoms with Crippen LogP contribution in [0.15, 0.2) is 0 Å². The molecule has 0 spiro atoms. The quantitative estimate of drug-likeness (QED) is 0.815. The van der Waals surface area contributed by atoms with Crippen LogP contribution in [0.4, 0.5) is 8.78 Å². The lowest BCUT2D eigenvalue weighted by Gasteiger charge is -2.28. The Kier molecular flexibility index (Phi) is 5.03. The van der Waals surface area contributed by atoms with Crippen LogP contribution in [-0.4, -0.2) is 43.6 Å². The fraction of sp³-hybridized carbons (Fsp3) is 0.900. The summed E-state index contributed by atoms with van der Waals surface area (Å²) in [6.45, 7) is 4.56. The van der Waals surface area contributed by atoms with Gasteiger partial charge in [0, 0.05) is 6.04 Å². The summed E-state index contributed by atoms with van der Waals surface area (Å²) < 4.78 is 47.7. The van der Waals surface area contributed by atoms with Crippen molar-refractivity contribution in [2.75, 3.05) is 6.54 Å². The minimum absolute atomic E-state index is 0.123. The number of halogens is 2. The summed E-state index contributed by atoms with van der Waals surface area (Å²) in [6, 6.07) is -0.508. The molecule has 5 nitrogen and oxygen atoms in total. The van der Waals surface area contributed by atoms with Crippen molar-refractivity contribution in [2.24, 2.45) is 0 Å². The predicted molar refractivity (Wildman–Crippen MR) is 62.5 cm³/mol. The smallest absolute Gasteiger partial charge is 0.289 e. The van der Waals surface area contributed by atoms with Gasteiger partial charge in [-0.1, -0.05) is 6.92 Å². The van der Waals surface area contributed by atoms with Crippen LogP contribution in [0.25, 0.3) is 0 Å². The van der Waals surface area contributed by atoms with Crippen molar-refractivity contribution >= 4 is 15.9 Å². The molecule has 0 aromatic rings. The van der Waals surface area contributed by atoms with E-state index < -0.39 is 27.7 Å². The summed E-state index contributed by atoms with van der Waals surface area (Å²) >= 11 is 0. The number of nitrogens with one attached hydrogen (secondary N) is 1. The number of hydrogen-bond donors (Lipinski definition) is 1. The highest BCUT2D eigenvalue weighted by atomic mass is 32.2. The minimum Gasteiger partial charge on any atom is -0.289 e. The Labute approximate surface area is 106 Å². The van der Waals surface area contributed by atoms with Crippen LogP contribution in [0.3, 0.4) is 0 Å². The second kappa shape index (κ2) is 5.92. The Morgan fingerprint density at radius 2 is 2.11 bits per heavy atom. The van der Waals surface area contributed by atoms with Crippen LogP contribution in [0.1, 0.15) is 33.1 Å². The van der Waals surface area contributed by atoms with Crippen LogP contribution in [0.5, 0.6) is 0 Å². The van der Waals surface area contributed by atoms with Gasteiger partial charge < -0.3 is 0 Å². The Balaban J connectivity index is 2.72. The van der Waals surface area contributed by atoms with Crippen LogP contribution < -0.4 is 4.72 Å². The molecule has 0 bridgehead atoms. The summed E-state index contributed by atoms with van der Waals surface area (Å²) in [7, 11) is -4.85. The first-order valence-corrected chi connectivity index (χ1v) is 7.43. The fourth-order valence-electron chi connectivity index (χ4n) is 2.09. The lowest BCUT2D eigenvalue weighted by Crippen LogP contribution is -2.49. The number of carbonyl (C=O) groups excluding carboxylic acids is 1. The average molecular weight is 284 g/mol. The molecule has 1 heterocycles. The molecule has 1 fully saturated rings. The van der Waals surface area contributed by atoms with E-state index in [4.69, 9.17) is 0 Å². The molecule has 1 rings (SSSR count). The molecule has 1 aliphatic heterocycles. The Bertz CT molecular complexity index is 400. The third kappa shape index (κ3) is 3.38. The fourth-order valence-corrected chi connectivity index (χ4v) is 2.59. The summed E-state index contributed by atoms with van der Waals surface area (Å²) in [5.41, 5.74) is 0. The number of nitrogens with zero attached hydrogens (tertiary/aromatic N) is 1. The molecule has 1 aliphatic rings. The standard InChI is InChI=1S/C10H18F2N2O3S/c1-3-7(2)14-6-4-5-8(14)9(15)13-18(16,17)10(11)12/h7-8,10H,3-6H2,1-2H3,(H,13,15)/t7?,8-/m0/s1. The number of amides is 1. The molecule has 1 N–H and O–H groups in total. The molecule has 0 aromatic heterocycles. The van der Waals surface area contributed by atoms with Crippen molar-refractivity contribution in [3.05, 3.63) is 0 Å². The largest absolute Gasteiger partial charge is 0.355 e. The van der Waals surface area contributed by atoms with Gasteiger partial charge in [0.15, 0.2) is 0 Å². The second-order valence-electron chi connectivity index (χ2n) is 4.43. The zero-order valence-corrected chi connectivity index (χ0v) is 11.2. The topological polar surface area (TPSA) is 66.5 Å². The number of alkyl halides is 2. The van der Waals surface area contributed by atoms with Crippen molar-refractivity contribution < 1.29 is 22.0 Å². The minimum atomic E-state index is -4.85. The monoisotopic (exact) mass is 284 g/mol. The summed E-state index contributed by atoms with van der Waals surface area (Å²) in [5, 5.41) is 0. The van der Waals surface area contributed by atoms with Crippen molar-refractivity contribution in [1.82, 2.24) is 9.62 Å². The van der Waals surface area contributed by atoms with Gasteiger partial charge in [0.1, 0.15) is 0 Å². The van der Waals surface area contributed by atoms with Crippen molar-refractivity contribution in [1.29, 1.82) is 0 Å². The normalized spacial score (nSPS) is 23.3. The maximum Gasteiger partial charge on any atom is 0.355 e. The summed E-state index contributed by atoms with van der Waals surface area (Å²) in [5.74, 6) is -4.44. The number of sulfonamides is 1. The van der Waals surface area contributed by atoms with Gasteiger partial charge in [-0.05, 0) is 32.7 Å². The highest BCUT2D eigenvalue weighted by molar-refractivity contribution is 7.90. The van der Waals surface area contributed by atoms with Gasteiger partial charge in [-0.3, -0.25) is 9.69 Å². The first kappa shape index (κ1) is 15.3. The van der Waals surface area contributed by atoms with E-state index in [2.05, 4.69) is 0 Å². The van der Waals surface area contributed by atoms with Crippen LogP contribution in [-0.2, 0) is 14.8 Å². The number of likely N-dealkylation sites (tertiary alicyclic amines) is 1. The van der Waals surface area contributed by atoms with Gasteiger partial charge in [-0.2, -0.15) is 8.78 Å². The Morgan fingerprint density at radius 1 is 1.50 bits per heavy atom. The number of carbonyl (C=O) groups is 1.